The smallest absolute Gasteiger partial charge is 0.0282 e. The zero-order chi connectivity index (χ0) is 10.3. The van der Waals surface area contributed by atoms with Crippen LogP contribution in [-0.4, -0.2) is 18.6 Å². The summed E-state index contributed by atoms with van der Waals surface area (Å²) >= 11 is 0. The van der Waals surface area contributed by atoms with Crippen LogP contribution in [0.15, 0.2) is 0 Å². The highest BCUT2D eigenvalue weighted by Gasteiger charge is 2.37. The van der Waals surface area contributed by atoms with Gasteiger partial charge in [0.05, 0.1) is 0 Å². The molecule has 1 rings (SSSR count). The summed E-state index contributed by atoms with van der Waals surface area (Å²) < 4.78 is 0. The van der Waals surface area contributed by atoms with E-state index in [1.54, 1.807) is 0 Å². The van der Waals surface area contributed by atoms with E-state index in [9.17, 15) is 0 Å². The Morgan fingerprint density at radius 2 is 1.71 bits per heavy atom. The molecule has 0 heterocycles. The van der Waals surface area contributed by atoms with Crippen molar-refractivity contribution in [2.24, 2.45) is 5.73 Å². The Bertz CT molecular complexity index is 141. The molecule has 0 aromatic rings. The fraction of sp³-hybridized carbons (Fsp3) is 1.00. The molecule has 1 aliphatic carbocycles. The van der Waals surface area contributed by atoms with Crippen molar-refractivity contribution in [3.05, 3.63) is 0 Å². The van der Waals surface area contributed by atoms with Crippen LogP contribution in [0.1, 0.15) is 58.3 Å². The van der Waals surface area contributed by atoms with Crippen molar-refractivity contribution in [3.8, 4) is 0 Å². The minimum Gasteiger partial charge on any atom is -0.324 e. The van der Waals surface area contributed by atoms with Gasteiger partial charge in [-0.3, -0.25) is 0 Å². The van der Waals surface area contributed by atoms with E-state index in [2.05, 4.69) is 12.2 Å². The van der Waals surface area contributed by atoms with E-state index in [-0.39, 0.29) is 5.54 Å². The van der Waals surface area contributed by atoms with Gasteiger partial charge < -0.3 is 11.1 Å². The predicted octanol–water partition coefficient (Wildman–Crippen LogP) is 2.43. The molecule has 0 atom stereocenters. The molecule has 0 unspecified atom stereocenters. The average molecular weight is 198 g/mol. The molecule has 1 aliphatic rings. The van der Waals surface area contributed by atoms with Crippen LogP contribution in [0.4, 0.5) is 0 Å². The van der Waals surface area contributed by atoms with Gasteiger partial charge in [0.25, 0.3) is 0 Å². The fourth-order valence-corrected chi connectivity index (χ4v) is 1.70. The van der Waals surface area contributed by atoms with Gasteiger partial charge in [-0.2, -0.15) is 0 Å². The second-order valence-corrected chi connectivity index (χ2v) is 4.81. The van der Waals surface area contributed by atoms with Crippen LogP contribution in [0.25, 0.3) is 0 Å². The quantitative estimate of drug-likeness (QED) is 0.558. The van der Waals surface area contributed by atoms with Crippen LogP contribution >= 0.6 is 0 Å². The molecular weight excluding hydrogens is 172 g/mol. The van der Waals surface area contributed by atoms with Gasteiger partial charge in [-0.25, -0.2) is 0 Å². The first-order valence-electron chi connectivity index (χ1n) is 6.26. The van der Waals surface area contributed by atoms with Crippen LogP contribution < -0.4 is 11.1 Å². The summed E-state index contributed by atoms with van der Waals surface area (Å²) in [5.74, 6) is 0. The first-order valence-corrected chi connectivity index (χ1v) is 6.26. The molecule has 2 heteroatoms. The second-order valence-electron chi connectivity index (χ2n) is 4.81. The molecule has 0 bridgehead atoms. The Hall–Kier alpha value is -0.0800. The van der Waals surface area contributed by atoms with Gasteiger partial charge >= 0.3 is 0 Å². The number of hydrogen-bond acceptors (Lipinski definition) is 2. The predicted molar refractivity (Wildman–Crippen MR) is 62.4 cm³/mol. The molecule has 0 spiro atoms. The van der Waals surface area contributed by atoms with Gasteiger partial charge in [-0.05, 0) is 25.8 Å². The molecule has 14 heavy (non-hydrogen) atoms. The standard InChI is InChI=1S/C12H26N2/c1-2-3-4-5-6-7-10-14-11-12(13)8-9-12/h14H,2-11,13H2,1H3. The number of nitrogens with one attached hydrogen (secondary N) is 1. The lowest BCUT2D eigenvalue weighted by Gasteiger charge is -2.09. The van der Waals surface area contributed by atoms with Crippen LogP contribution in [0.3, 0.4) is 0 Å². The number of nitrogens with two attached hydrogens (primary N) is 1. The lowest BCUT2D eigenvalue weighted by molar-refractivity contribution is 0.532. The van der Waals surface area contributed by atoms with Crippen LogP contribution in [0.5, 0.6) is 0 Å². The number of hydrogen-bond donors (Lipinski definition) is 2. The van der Waals surface area contributed by atoms with Crippen molar-refractivity contribution in [3.63, 3.8) is 0 Å². The lowest BCUT2D eigenvalue weighted by atomic mass is 10.1. The Kier molecular flexibility index (Phi) is 5.49. The molecule has 0 amide bonds. The van der Waals surface area contributed by atoms with Gasteiger partial charge in [0.2, 0.25) is 0 Å². The zero-order valence-corrected chi connectivity index (χ0v) is 9.65. The van der Waals surface area contributed by atoms with E-state index in [1.165, 1.54) is 51.4 Å². The van der Waals surface area contributed by atoms with Crippen LogP contribution in [0.2, 0.25) is 0 Å². The van der Waals surface area contributed by atoms with Gasteiger partial charge in [0.1, 0.15) is 0 Å². The van der Waals surface area contributed by atoms with Crippen molar-refractivity contribution in [2.45, 2.75) is 63.8 Å². The third-order valence-electron chi connectivity index (χ3n) is 3.08. The van der Waals surface area contributed by atoms with Crippen LogP contribution in [-0.2, 0) is 0 Å². The highest BCUT2D eigenvalue weighted by Crippen LogP contribution is 2.30. The number of unbranched alkanes of at least 4 members (excludes halogenated alkanes) is 5. The van der Waals surface area contributed by atoms with Gasteiger partial charge in [0.15, 0.2) is 0 Å². The fourth-order valence-electron chi connectivity index (χ4n) is 1.70. The minimum atomic E-state index is 0.183. The van der Waals surface area contributed by atoms with Crippen molar-refractivity contribution in [2.75, 3.05) is 13.1 Å². The highest BCUT2D eigenvalue weighted by atomic mass is 15.0. The summed E-state index contributed by atoms with van der Waals surface area (Å²) in [6.45, 7) is 4.45. The summed E-state index contributed by atoms with van der Waals surface area (Å²) in [5.41, 5.74) is 6.15. The first kappa shape index (κ1) is 12.0. The van der Waals surface area contributed by atoms with Crippen molar-refractivity contribution in [1.29, 1.82) is 0 Å². The maximum absolute atomic E-state index is 5.96. The molecule has 0 radical (unpaired) electrons. The summed E-state index contributed by atoms with van der Waals surface area (Å²) in [5, 5.41) is 3.45. The summed E-state index contributed by atoms with van der Waals surface area (Å²) in [6, 6.07) is 0. The lowest BCUT2D eigenvalue weighted by Crippen LogP contribution is -2.36. The summed E-state index contributed by atoms with van der Waals surface area (Å²) in [4.78, 5) is 0. The number of rotatable bonds is 9. The van der Waals surface area contributed by atoms with E-state index < -0.39 is 0 Å². The molecule has 1 saturated carbocycles. The molecule has 1 fully saturated rings. The molecule has 84 valence electrons. The summed E-state index contributed by atoms with van der Waals surface area (Å²) in [7, 11) is 0. The normalized spacial score (nSPS) is 18.4. The second kappa shape index (κ2) is 6.41. The monoisotopic (exact) mass is 198 g/mol. The largest absolute Gasteiger partial charge is 0.324 e. The van der Waals surface area contributed by atoms with E-state index in [4.69, 9.17) is 5.73 Å². The van der Waals surface area contributed by atoms with Crippen molar-refractivity contribution < 1.29 is 0 Å². The third-order valence-corrected chi connectivity index (χ3v) is 3.08. The first-order chi connectivity index (χ1) is 6.77. The topological polar surface area (TPSA) is 38.0 Å². The average Bonchev–Trinajstić information content (AvgIpc) is 2.89. The molecule has 3 N–H and O–H groups in total. The van der Waals surface area contributed by atoms with Crippen LogP contribution in [0, 0.1) is 0 Å². The maximum atomic E-state index is 5.96. The Labute approximate surface area is 88.6 Å². The maximum Gasteiger partial charge on any atom is 0.0282 e. The van der Waals surface area contributed by atoms with E-state index in [0.29, 0.717) is 0 Å². The van der Waals surface area contributed by atoms with Gasteiger partial charge in [-0.1, -0.05) is 39.0 Å². The highest BCUT2D eigenvalue weighted by molar-refractivity contribution is 5.00. The van der Waals surface area contributed by atoms with Crippen molar-refractivity contribution >= 4 is 0 Å². The molecule has 0 aromatic heterocycles. The van der Waals surface area contributed by atoms with E-state index in [1.807, 2.05) is 0 Å². The molecule has 0 aromatic carbocycles. The van der Waals surface area contributed by atoms with E-state index in [0.717, 1.165) is 13.1 Å². The molecule has 0 aliphatic heterocycles. The third kappa shape index (κ3) is 5.61. The minimum absolute atomic E-state index is 0.183. The Morgan fingerprint density at radius 3 is 2.36 bits per heavy atom. The molecule has 0 saturated heterocycles. The molecule has 2 nitrogen and oxygen atoms in total. The Balaban J connectivity index is 1.72. The van der Waals surface area contributed by atoms with Gasteiger partial charge in [0, 0.05) is 12.1 Å². The Morgan fingerprint density at radius 1 is 1.07 bits per heavy atom. The van der Waals surface area contributed by atoms with E-state index >= 15 is 0 Å². The SMILES string of the molecule is CCCCCCCCNCC1(N)CC1. The summed E-state index contributed by atoms with van der Waals surface area (Å²) in [6.07, 6.45) is 10.7. The van der Waals surface area contributed by atoms with Gasteiger partial charge in [-0.15, -0.1) is 0 Å². The molecular formula is C12H26N2. The van der Waals surface area contributed by atoms with Crippen molar-refractivity contribution in [1.82, 2.24) is 5.32 Å². The zero-order valence-electron chi connectivity index (χ0n) is 9.65.